The highest BCUT2D eigenvalue weighted by molar-refractivity contribution is 5.76. The SMILES string of the molecule is CC.CC=O.O=C1CCCCN1. The molecule has 1 saturated heterocycles. The molecule has 1 aliphatic heterocycles. The van der Waals surface area contributed by atoms with Gasteiger partial charge in [-0.25, -0.2) is 0 Å². The molecule has 1 fully saturated rings. The normalized spacial score (nSPS) is 14.1. The van der Waals surface area contributed by atoms with Crippen LogP contribution in [0.4, 0.5) is 0 Å². The molecule has 0 radical (unpaired) electrons. The van der Waals surface area contributed by atoms with Gasteiger partial charge in [0.05, 0.1) is 0 Å². The number of nitrogens with one attached hydrogen (secondary N) is 1. The van der Waals surface area contributed by atoms with Crippen molar-refractivity contribution in [2.75, 3.05) is 6.54 Å². The highest BCUT2D eigenvalue weighted by Crippen LogP contribution is 1.98. The van der Waals surface area contributed by atoms with Crippen LogP contribution in [0.25, 0.3) is 0 Å². The molecule has 1 amide bonds. The van der Waals surface area contributed by atoms with E-state index in [0.717, 1.165) is 32.1 Å². The zero-order valence-corrected chi connectivity index (χ0v) is 8.22. The van der Waals surface area contributed by atoms with Crippen LogP contribution in [0.3, 0.4) is 0 Å². The van der Waals surface area contributed by atoms with Gasteiger partial charge in [-0.3, -0.25) is 4.79 Å². The molecule has 0 bridgehead atoms. The summed E-state index contributed by atoms with van der Waals surface area (Å²) >= 11 is 0. The van der Waals surface area contributed by atoms with Crippen LogP contribution in [0.15, 0.2) is 0 Å². The summed E-state index contributed by atoms with van der Waals surface area (Å²) < 4.78 is 0. The molecule has 0 aromatic carbocycles. The second-order valence-electron chi connectivity index (χ2n) is 2.04. The number of amides is 1. The topological polar surface area (TPSA) is 46.2 Å². The van der Waals surface area contributed by atoms with E-state index in [4.69, 9.17) is 4.79 Å². The molecular formula is C9H19NO2. The zero-order valence-electron chi connectivity index (χ0n) is 8.22. The highest BCUT2D eigenvalue weighted by atomic mass is 16.1. The highest BCUT2D eigenvalue weighted by Gasteiger charge is 2.04. The average molecular weight is 173 g/mol. The summed E-state index contributed by atoms with van der Waals surface area (Å²) in [5.74, 6) is 0.214. The molecule has 0 atom stereocenters. The minimum Gasteiger partial charge on any atom is -0.356 e. The van der Waals surface area contributed by atoms with Gasteiger partial charge < -0.3 is 10.1 Å². The number of carbonyl (C=O) groups is 2. The lowest BCUT2D eigenvalue weighted by atomic mass is 10.2. The van der Waals surface area contributed by atoms with Crippen molar-refractivity contribution in [3.8, 4) is 0 Å². The second kappa shape index (κ2) is 12.8. The van der Waals surface area contributed by atoms with Crippen molar-refractivity contribution in [2.45, 2.75) is 40.0 Å². The maximum Gasteiger partial charge on any atom is 0.219 e. The molecule has 0 aliphatic carbocycles. The third kappa shape index (κ3) is 11.9. The van der Waals surface area contributed by atoms with Crippen molar-refractivity contribution in [1.82, 2.24) is 5.32 Å². The standard InChI is InChI=1S/C5H9NO.C2H4O.C2H6/c7-5-3-1-2-4-6-5;1-2-3;1-2/h1-4H2,(H,6,7);2H,1H3;1-2H3. The first-order chi connectivity index (χ1) is 5.81. The van der Waals surface area contributed by atoms with Crippen molar-refractivity contribution in [1.29, 1.82) is 0 Å². The molecule has 0 unspecified atom stereocenters. The smallest absolute Gasteiger partial charge is 0.219 e. The first kappa shape index (κ1) is 13.7. The van der Waals surface area contributed by atoms with Crippen LogP contribution in [0, 0.1) is 0 Å². The number of aldehydes is 1. The number of rotatable bonds is 0. The molecule has 1 N–H and O–H groups in total. The predicted octanol–water partition coefficient (Wildman–Crippen LogP) is 1.52. The van der Waals surface area contributed by atoms with E-state index in [2.05, 4.69) is 5.32 Å². The van der Waals surface area contributed by atoms with E-state index in [1.54, 1.807) is 0 Å². The van der Waals surface area contributed by atoms with E-state index < -0.39 is 0 Å². The Bertz CT molecular complexity index is 105. The van der Waals surface area contributed by atoms with Crippen molar-refractivity contribution in [3.63, 3.8) is 0 Å². The summed E-state index contributed by atoms with van der Waals surface area (Å²) in [5.41, 5.74) is 0. The molecular weight excluding hydrogens is 154 g/mol. The van der Waals surface area contributed by atoms with E-state index >= 15 is 0 Å². The molecule has 72 valence electrons. The fourth-order valence-corrected chi connectivity index (χ4v) is 0.727. The second-order valence-corrected chi connectivity index (χ2v) is 2.04. The Hall–Kier alpha value is -0.860. The van der Waals surface area contributed by atoms with Crippen LogP contribution >= 0.6 is 0 Å². The van der Waals surface area contributed by atoms with E-state index in [1.165, 1.54) is 6.92 Å². The lowest BCUT2D eigenvalue weighted by Gasteiger charge is -2.08. The summed E-state index contributed by atoms with van der Waals surface area (Å²) in [5, 5.41) is 2.74. The zero-order chi connectivity index (χ0) is 9.82. The Balaban J connectivity index is 0. The number of piperidine rings is 1. The summed E-state index contributed by atoms with van der Waals surface area (Å²) in [6, 6.07) is 0. The summed E-state index contributed by atoms with van der Waals surface area (Å²) in [7, 11) is 0. The Morgan fingerprint density at radius 1 is 1.33 bits per heavy atom. The minimum atomic E-state index is 0.214. The van der Waals surface area contributed by atoms with Crippen LogP contribution < -0.4 is 5.32 Å². The van der Waals surface area contributed by atoms with Gasteiger partial charge in [-0.05, 0) is 19.8 Å². The van der Waals surface area contributed by atoms with Gasteiger partial charge in [0.15, 0.2) is 0 Å². The third-order valence-electron chi connectivity index (χ3n) is 1.15. The van der Waals surface area contributed by atoms with Crippen molar-refractivity contribution in [3.05, 3.63) is 0 Å². The van der Waals surface area contributed by atoms with Gasteiger partial charge in [0.25, 0.3) is 0 Å². The molecule has 12 heavy (non-hydrogen) atoms. The van der Waals surface area contributed by atoms with E-state index in [1.807, 2.05) is 13.8 Å². The Morgan fingerprint density at radius 2 is 1.83 bits per heavy atom. The Morgan fingerprint density at radius 3 is 2.00 bits per heavy atom. The van der Waals surface area contributed by atoms with Crippen LogP contribution in [0.2, 0.25) is 0 Å². The van der Waals surface area contributed by atoms with Crippen molar-refractivity contribution in [2.24, 2.45) is 0 Å². The van der Waals surface area contributed by atoms with Crippen molar-refractivity contribution >= 4 is 12.2 Å². The number of carbonyl (C=O) groups excluding carboxylic acids is 2. The van der Waals surface area contributed by atoms with Gasteiger partial charge in [-0.1, -0.05) is 13.8 Å². The van der Waals surface area contributed by atoms with Gasteiger partial charge in [0, 0.05) is 13.0 Å². The molecule has 0 aromatic rings. The van der Waals surface area contributed by atoms with Crippen LogP contribution in [0.1, 0.15) is 40.0 Å². The first-order valence-corrected chi connectivity index (χ1v) is 4.47. The average Bonchev–Trinajstić information content (AvgIpc) is 2.11. The number of hydrogen-bond donors (Lipinski definition) is 1. The van der Waals surface area contributed by atoms with E-state index in [9.17, 15) is 4.79 Å². The van der Waals surface area contributed by atoms with Gasteiger partial charge in [0.1, 0.15) is 6.29 Å². The lowest BCUT2D eigenvalue weighted by molar-refractivity contribution is -0.122. The minimum absolute atomic E-state index is 0.214. The quantitative estimate of drug-likeness (QED) is 0.564. The molecule has 3 heteroatoms. The molecule has 1 rings (SSSR count). The Labute approximate surface area is 74.5 Å². The monoisotopic (exact) mass is 173 g/mol. The van der Waals surface area contributed by atoms with E-state index in [-0.39, 0.29) is 5.91 Å². The number of hydrogen-bond acceptors (Lipinski definition) is 2. The van der Waals surface area contributed by atoms with Crippen molar-refractivity contribution < 1.29 is 9.59 Å². The van der Waals surface area contributed by atoms with Crippen LogP contribution in [-0.2, 0) is 9.59 Å². The summed E-state index contributed by atoms with van der Waals surface area (Å²) in [6.07, 6.45) is 3.72. The molecule has 1 aliphatic rings. The molecule has 0 aromatic heterocycles. The maximum atomic E-state index is 10.4. The first-order valence-electron chi connectivity index (χ1n) is 4.47. The van der Waals surface area contributed by atoms with Gasteiger partial charge in [0.2, 0.25) is 5.91 Å². The summed E-state index contributed by atoms with van der Waals surface area (Å²) in [4.78, 5) is 19.2. The molecule has 1 heterocycles. The Kier molecular flexibility index (Phi) is 14.6. The van der Waals surface area contributed by atoms with Crippen LogP contribution in [-0.4, -0.2) is 18.7 Å². The van der Waals surface area contributed by atoms with E-state index in [0.29, 0.717) is 0 Å². The lowest BCUT2D eigenvalue weighted by Crippen LogP contribution is -2.28. The predicted molar refractivity (Wildman–Crippen MR) is 49.9 cm³/mol. The summed E-state index contributed by atoms with van der Waals surface area (Å²) in [6.45, 7) is 6.33. The maximum absolute atomic E-state index is 10.4. The van der Waals surface area contributed by atoms with Crippen LogP contribution in [0.5, 0.6) is 0 Å². The fourth-order valence-electron chi connectivity index (χ4n) is 0.727. The molecule has 0 spiro atoms. The largest absolute Gasteiger partial charge is 0.356 e. The van der Waals surface area contributed by atoms with Gasteiger partial charge in [-0.15, -0.1) is 0 Å². The fraction of sp³-hybridized carbons (Fsp3) is 0.778. The molecule has 3 nitrogen and oxygen atoms in total. The molecule has 0 saturated carbocycles. The van der Waals surface area contributed by atoms with Gasteiger partial charge >= 0.3 is 0 Å². The van der Waals surface area contributed by atoms with Gasteiger partial charge in [-0.2, -0.15) is 0 Å². The third-order valence-corrected chi connectivity index (χ3v) is 1.15.